The summed E-state index contributed by atoms with van der Waals surface area (Å²) in [7, 11) is 3.11. The third-order valence-corrected chi connectivity index (χ3v) is 4.81. The van der Waals surface area contributed by atoms with Gasteiger partial charge in [-0.25, -0.2) is 4.98 Å². The molecule has 128 valence electrons. The predicted octanol–water partition coefficient (Wildman–Crippen LogP) is 2.62. The predicted molar refractivity (Wildman–Crippen MR) is 96.7 cm³/mol. The molecule has 0 aliphatic rings. The fourth-order valence-electron chi connectivity index (χ4n) is 2.41. The molecule has 3 rings (SSSR count). The molecule has 0 saturated carbocycles. The molecule has 0 bridgehead atoms. The number of para-hydroxylation sites is 1. The zero-order valence-corrected chi connectivity index (χ0v) is 14.5. The first-order valence-corrected chi connectivity index (χ1v) is 8.48. The van der Waals surface area contributed by atoms with Gasteiger partial charge >= 0.3 is 0 Å². The lowest BCUT2D eigenvalue weighted by molar-refractivity contribution is 0.102. The first-order valence-electron chi connectivity index (χ1n) is 7.50. The Kier molecular flexibility index (Phi) is 4.76. The van der Waals surface area contributed by atoms with E-state index in [9.17, 15) is 14.7 Å². The van der Waals surface area contributed by atoms with Crippen LogP contribution < -0.4 is 10.3 Å². The summed E-state index contributed by atoms with van der Waals surface area (Å²) < 4.78 is 6.43. The SMILES string of the molecule is COc1ccc(C(=O)CSc2nc3ccccc3c(=O)n2C)c(O)c1. The number of ketones is 1. The molecule has 6 nitrogen and oxygen atoms in total. The normalized spacial score (nSPS) is 10.8. The third kappa shape index (κ3) is 3.36. The van der Waals surface area contributed by atoms with Crippen LogP contribution in [0, 0.1) is 0 Å². The first-order chi connectivity index (χ1) is 12.0. The lowest BCUT2D eigenvalue weighted by atomic mass is 10.1. The van der Waals surface area contributed by atoms with Crippen molar-refractivity contribution in [1.82, 2.24) is 9.55 Å². The highest BCUT2D eigenvalue weighted by Crippen LogP contribution is 2.26. The van der Waals surface area contributed by atoms with Gasteiger partial charge in [-0.3, -0.25) is 14.2 Å². The Morgan fingerprint density at radius 3 is 2.76 bits per heavy atom. The van der Waals surface area contributed by atoms with E-state index in [-0.39, 0.29) is 28.4 Å². The van der Waals surface area contributed by atoms with Crippen molar-refractivity contribution in [2.24, 2.45) is 7.05 Å². The number of carbonyl (C=O) groups is 1. The molecule has 1 N–H and O–H groups in total. The Bertz CT molecular complexity index is 1010. The molecule has 0 aliphatic heterocycles. The van der Waals surface area contributed by atoms with Crippen molar-refractivity contribution >= 4 is 28.4 Å². The molecule has 3 aromatic rings. The fourth-order valence-corrected chi connectivity index (χ4v) is 3.26. The number of carbonyl (C=O) groups excluding carboxylic acids is 1. The molecule has 0 atom stereocenters. The van der Waals surface area contributed by atoms with Crippen LogP contribution in [0.15, 0.2) is 52.4 Å². The number of hydrogen-bond acceptors (Lipinski definition) is 6. The molecule has 2 aromatic carbocycles. The standard InChI is InChI=1S/C18H16N2O4S/c1-20-17(23)12-5-3-4-6-14(12)19-18(20)25-10-16(22)13-8-7-11(24-2)9-15(13)21/h3-9,21H,10H2,1-2H3. The van der Waals surface area contributed by atoms with Crippen molar-refractivity contribution in [3.05, 3.63) is 58.4 Å². The van der Waals surface area contributed by atoms with Gasteiger partial charge < -0.3 is 9.84 Å². The maximum absolute atomic E-state index is 12.4. The van der Waals surface area contributed by atoms with E-state index in [1.807, 2.05) is 6.07 Å². The van der Waals surface area contributed by atoms with Gasteiger partial charge in [0.15, 0.2) is 10.9 Å². The van der Waals surface area contributed by atoms with E-state index in [1.54, 1.807) is 31.3 Å². The lowest BCUT2D eigenvalue weighted by Crippen LogP contribution is -2.20. The number of hydrogen-bond donors (Lipinski definition) is 1. The smallest absolute Gasteiger partial charge is 0.261 e. The minimum atomic E-state index is -0.257. The summed E-state index contributed by atoms with van der Waals surface area (Å²) in [6.07, 6.45) is 0. The van der Waals surface area contributed by atoms with Crippen molar-refractivity contribution in [2.45, 2.75) is 5.16 Å². The van der Waals surface area contributed by atoms with Gasteiger partial charge in [-0.1, -0.05) is 23.9 Å². The molecule has 1 heterocycles. The van der Waals surface area contributed by atoms with E-state index in [4.69, 9.17) is 4.74 Å². The zero-order chi connectivity index (χ0) is 18.0. The van der Waals surface area contributed by atoms with Crippen LogP contribution in [0.3, 0.4) is 0 Å². The van der Waals surface area contributed by atoms with Gasteiger partial charge in [-0.2, -0.15) is 0 Å². The highest BCUT2D eigenvalue weighted by molar-refractivity contribution is 7.99. The van der Waals surface area contributed by atoms with Gasteiger partial charge in [0.2, 0.25) is 0 Å². The van der Waals surface area contributed by atoms with Crippen molar-refractivity contribution in [2.75, 3.05) is 12.9 Å². The molecule has 0 unspecified atom stereocenters. The van der Waals surface area contributed by atoms with Gasteiger partial charge in [0.25, 0.3) is 5.56 Å². The summed E-state index contributed by atoms with van der Waals surface area (Å²) in [4.78, 5) is 29.2. The number of methoxy groups -OCH3 is 1. The van der Waals surface area contributed by atoms with Gasteiger partial charge in [0, 0.05) is 13.1 Å². The molecule has 1 aromatic heterocycles. The van der Waals surface area contributed by atoms with Crippen LogP contribution in [0.5, 0.6) is 11.5 Å². The number of fused-ring (bicyclic) bond motifs is 1. The van der Waals surface area contributed by atoms with E-state index in [0.717, 1.165) is 11.8 Å². The third-order valence-electron chi connectivity index (χ3n) is 3.78. The van der Waals surface area contributed by atoms with Crippen molar-refractivity contribution in [3.63, 3.8) is 0 Å². The van der Waals surface area contributed by atoms with Gasteiger partial charge in [0.1, 0.15) is 11.5 Å². The molecule has 25 heavy (non-hydrogen) atoms. The number of aromatic nitrogens is 2. The summed E-state index contributed by atoms with van der Waals surface area (Å²) in [5.74, 6) is 0.136. The second-order valence-electron chi connectivity index (χ2n) is 5.37. The quantitative estimate of drug-likeness (QED) is 0.430. The largest absolute Gasteiger partial charge is 0.507 e. The minimum absolute atomic E-state index is 0.0541. The van der Waals surface area contributed by atoms with Crippen LogP contribution in [0.25, 0.3) is 10.9 Å². The molecule has 0 radical (unpaired) electrons. The summed E-state index contributed by atoms with van der Waals surface area (Å²) in [6.45, 7) is 0. The Balaban J connectivity index is 1.84. The summed E-state index contributed by atoms with van der Waals surface area (Å²) in [6, 6.07) is 11.6. The lowest BCUT2D eigenvalue weighted by Gasteiger charge is -2.09. The molecular formula is C18H16N2O4S. The maximum Gasteiger partial charge on any atom is 0.261 e. The highest BCUT2D eigenvalue weighted by atomic mass is 32.2. The average molecular weight is 356 g/mol. The first kappa shape index (κ1) is 17.0. The van der Waals surface area contributed by atoms with Gasteiger partial charge in [-0.05, 0) is 24.3 Å². The number of aromatic hydroxyl groups is 1. The topological polar surface area (TPSA) is 81.4 Å². The number of phenols is 1. The molecule has 7 heteroatoms. The number of ether oxygens (including phenoxy) is 1. The van der Waals surface area contributed by atoms with Crippen LogP contribution in [-0.4, -0.2) is 33.3 Å². The monoisotopic (exact) mass is 356 g/mol. The van der Waals surface area contributed by atoms with E-state index in [0.29, 0.717) is 21.8 Å². The Labute approximate surface area is 148 Å². The minimum Gasteiger partial charge on any atom is -0.507 e. The second-order valence-corrected chi connectivity index (χ2v) is 6.31. The average Bonchev–Trinajstić information content (AvgIpc) is 2.63. The summed E-state index contributed by atoms with van der Waals surface area (Å²) in [5.41, 5.74) is 0.639. The number of benzene rings is 2. The zero-order valence-electron chi connectivity index (χ0n) is 13.7. The highest BCUT2D eigenvalue weighted by Gasteiger charge is 2.15. The van der Waals surface area contributed by atoms with Crippen LogP contribution in [0.4, 0.5) is 0 Å². The number of phenolic OH excluding ortho intramolecular Hbond substituents is 1. The van der Waals surface area contributed by atoms with Gasteiger partial charge in [-0.15, -0.1) is 0 Å². The maximum atomic E-state index is 12.4. The number of Topliss-reactive ketones (excluding diaryl/α,β-unsaturated/α-hetero) is 1. The van der Waals surface area contributed by atoms with Crippen LogP contribution in [-0.2, 0) is 7.05 Å². The van der Waals surface area contributed by atoms with Crippen LogP contribution in [0.2, 0.25) is 0 Å². The van der Waals surface area contributed by atoms with E-state index < -0.39 is 0 Å². The summed E-state index contributed by atoms with van der Waals surface area (Å²) >= 11 is 1.16. The molecule has 0 amide bonds. The van der Waals surface area contributed by atoms with E-state index in [1.165, 1.54) is 23.8 Å². The molecule has 0 fully saturated rings. The number of nitrogens with zero attached hydrogens (tertiary/aromatic N) is 2. The van der Waals surface area contributed by atoms with Crippen molar-refractivity contribution < 1.29 is 14.6 Å². The molecule has 0 aliphatic carbocycles. The van der Waals surface area contributed by atoms with E-state index >= 15 is 0 Å². The Morgan fingerprint density at radius 2 is 2.04 bits per heavy atom. The number of thioether (sulfide) groups is 1. The fraction of sp³-hybridized carbons (Fsp3) is 0.167. The molecular weight excluding hydrogens is 340 g/mol. The second kappa shape index (κ2) is 6.98. The molecule has 0 saturated heterocycles. The van der Waals surface area contributed by atoms with Gasteiger partial charge in [0.05, 0.1) is 29.3 Å². The van der Waals surface area contributed by atoms with Crippen LogP contribution in [0.1, 0.15) is 10.4 Å². The molecule has 0 spiro atoms. The van der Waals surface area contributed by atoms with Crippen molar-refractivity contribution in [3.8, 4) is 11.5 Å². The van der Waals surface area contributed by atoms with E-state index in [2.05, 4.69) is 4.98 Å². The van der Waals surface area contributed by atoms with Crippen LogP contribution >= 0.6 is 11.8 Å². The summed E-state index contributed by atoms with van der Waals surface area (Å²) in [5, 5.41) is 10.9. The number of rotatable bonds is 5. The Hall–Kier alpha value is -2.80. The Morgan fingerprint density at radius 1 is 1.28 bits per heavy atom. The van der Waals surface area contributed by atoms with Crippen molar-refractivity contribution in [1.29, 1.82) is 0 Å².